The summed E-state index contributed by atoms with van der Waals surface area (Å²) < 4.78 is 24.1. The highest BCUT2D eigenvalue weighted by Gasteiger charge is 2.18. The maximum Gasteiger partial charge on any atom is 0.306 e. The van der Waals surface area contributed by atoms with E-state index in [1.165, 1.54) is 13.0 Å². The van der Waals surface area contributed by atoms with Gasteiger partial charge in [0.2, 0.25) is 0 Å². The van der Waals surface area contributed by atoms with E-state index in [9.17, 15) is 14.0 Å². The molecule has 2 aromatic carbocycles. The summed E-state index contributed by atoms with van der Waals surface area (Å²) in [5.41, 5.74) is 0.803. The molecule has 0 heterocycles. The average molecular weight is 359 g/mol. The molecular formula is C20H22FNO4. The Morgan fingerprint density at radius 3 is 2.58 bits per heavy atom. The van der Waals surface area contributed by atoms with Crippen LogP contribution in [0.25, 0.3) is 0 Å². The van der Waals surface area contributed by atoms with E-state index in [1.54, 1.807) is 19.1 Å². The van der Waals surface area contributed by atoms with Crippen molar-refractivity contribution in [3.05, 3.63) is 59.9 Å². The molecule has 0 spiro atoms. The van der Waals surface area contributed by atoms with Gasteiger partial charge in [0.05, 0.1) is 6.61 Å². The molecule has 138 valence electrons. The molecule has 1 amide bonds. The average Bonchev–Trinajstić information content (AvgIpc) is 2.62. The van der Waals surface area contributed by atoms with Crippen LogP contribution in [0.1, 0.15) is 25.3 Å². The van der Waals surface area contributed by atoms with Crippen LogP contribution in [-0.2, 0) is 14.3 Å². The second-order valence-electron chi connectivity index (χ2n) is 5.85. The first kappa shape index (κ1) is 19.4. The molecule has 0 saturated heterocycles. The summed E-state index contributed by atoms with van der Waals surface area (Å²) in [6.45, 7) is 3.48. The first-order valence-electron chi connectivity index (χ1n) is 8.40. The number of hydrogen-bond donors (Lipinski definition) is 1. The lowest BCUT2D eigenvalue weighted by atomic mass is 10.2. The van der Waals surface area contributed by atoms with Gasteiger partial charge < -0.3 is 14.8 Å². The van der Waals surface area contributed by atoms with Gasteiger partial charge in [0.15, 0.2) is 6.10 Å². The predicted octanol–water partition coefficient (Wildman–Crippen LogP) is 3.86. The molecule has 0 radical (unpaired) electrons. The molecular weight excluding hydrogens is 337 g/mol. The Labute approximate surface area is 152 Å². The van der Waals surface area contributed by atoms with Crippen molar-refractivity contribution in [3.63, 3.8) is 0 Å². The minimum atomic E-state index is -0.970. The summed E-state index contributed by atoms with van der Waals surface area (Å²) in [6, 6.07) is 13.7. The lowest BCUT2D eigenvalue weighted by Gasteiger charge is -2.14. The summed E-state index contributed by atoms with van der Waals surface area (Å²) in [5, 5.41) is 2.52. The Bertz CT molecular complexity index is 749. The highest BCUT2D eigenvalue weighted by molar-refractivity contribution is 5.95. The summed E-state index contributed by atoms with van der Waals surface area (Å²) in [4.78, 5) is 23.8. The number of anilines is 1. The third-order valence-electron chi connectivity index (χ3n) is 3.65. The molecule has 5 nitrogen and oxygen atoms in total. The number of rotatable bonds is 8. The highest BCUT2D eigenvalue weighted by Crippen LogP contribution is 2.14. The number of halogens is 1. The number of para-hydroxylation sites is 1. The normalized spacial score (nSPS) is 11.5. The van der Waals surface area contributed by atoms with Gasteiger partial charge in [-0.3, -0.25) is 9.59 Å². The molecule has 0 aliphatic carbocycles. The van der Waals surface area contributed by atoms with E-state index in [-0.39, 0.29) is 6.42 Å². The zero-order valence-electron chi connectivity index (χ0n) is 14.8. The molecule has 1 atom stereocenters. The summed E-state index contributed by atoms with van der Waals surface area (Å²) in [6.07, 6.45) is -0.351. The van der Waals surface area contributed by atoms with Crippen LogP contribution in [0.5, 0.6) is 5.75 Å². The number of benzene rings is 2. The van der Waals surface area contributed by atoms with Gasteiger partial charge in [-0.25, -0.2) is 4.39 Å². The quantitative estimate of drug-likeness (QED) is 0.574. The van der Waals surface area contributed by atoms with Crippen LogP contribution in [0.3, 0.4) is 0 Å². The van der Waals surface area contributed by atoms with Gasteiger partial charge in [-0.1, -0.05) is 24.3 Å². The lowest BCUT2D eigenvalue weighted by molar-refractivity contribution is -0.153. The SMILES string of the molecule is Cc1ccc(NC(=O)[C@@H](C)OC(=O)CCCOc2ccccc2)cc1F. The number of carbonyl (C=O) groups excluding carboxylic acids is 2. The Morgan fingerprint density at radius 2 is 1.88 bits per heavy atom. The Morgan fingerprint density at radius 1 is 1.15 bits per heavy atom. The van der Waals surface area contributed by atoms with Crippen LogP contribution in [0, 0.1) is 12.7 Å². The van der Waals surface area contributed by atoms with E-state index in [4.69, 9.17) is 9.47 Å². The molecule has 2 rings (SSSR count). The molecule has 2 aromatic rings. The summed E-state index contributed by atoms with van der Waals surface area (Å²) in [5.74, 6) is -0.675. The predicted molar refractivity (Wildman–Crippen MR) is 96.5 cm³/mol. The molecule has 1 N–H and O–H groups in total. The number of esters is 1. The zero-order valence-corrected chi connectivity index (χ0v) is 14.8. The number of ether oxygens (including phenoxy) is 2. The summed E-state index contributed by atoms with van der Waals surface area (Å²) >= 11 is 0. The fraction of sp³-hybridized carbons (Fsp3) is 0.300. The van der Waals surface area contributed by atoms with E-state index < -0.39 is 23.8 Å². The van der Waals surface area contributed by atoms with E-state index in [0.29, 0.717) is 24.3 Å². The van der Waals surface area contributed by atoms with Crippen molar-refractivity contribution >= 4 is 17.6 Å². The van der Waals surface area contributed by atoms with E-state index in [1.807, 2.05) is 30.3 Å². The lowest BCUT2D eigenvalue weighted by Crippen LogP contribution is -2.30. The van der Waals surface area contributed by atoms with E-state index in [2.05, 4.69) is 5.32 Å². The van der Waals surface area contributed by atoms with Gasteiger partial charge in [0.25, 0.3) is 5.91 Å². The van der Waals surface area contributed by atoms with Crippen molar-refractivity contribution in [2.45, 2.75) is 32.8 Å². The van der Waals surface area contributed by atoms with Crippen molar-refractivity contribution in [2.24, 2.45) is 0 Å². The molecule has 6 heteroatoms. The molecule has 26 heavy (non-hydrogen) atoms. The maximum absolute atomic E-state index is 13.5. The van der Waals surface area contributed by atoms with Crippen molar-refractivity contribution in [2.75, 3.05) is 11.9 Å². The number of nitrogens with one attached hydrogen (secondary N) is 1. The Balaban J connectivity index is 1.70. The Hall–Kier alpha value is -2.89. The minimum Gasteiger partial charge on any atom is -0.494 e. The van der Waals surface area contributed by atoms with Crippen LogP contribution in [0.2, 0.25) is 0 Å². The topological polar surface area (TPSA) is 64.6 Å². The second kappa shape index (κ2) is 9.56. The molecule has 0 aliphatic rings. The van der Waals surface area contributed by atoms with E-state index >= 15 is 0 Å². The van der Waals surface area contributed by atoms with Crippen LogP contribution in [0.4, 0.5) is 10.1 Å². The van der Waals surface area contributed by atoms with Crippen molar-refractivity contribution < 1.29 is 23.5 Å². The first-order valence-corrected chi connectivity index (χ1v) is 8.40. The maximum atomic E-state index is 13.5. The third kappa shape index (κ3) is 6.20. The van der Waals surface area contributed by atoms with Crippen LogP contribution >= 0.6 is 0 Å². The van der Waals surface area contributed by atoms with Gasteiger partial charge in [-0.05, 0) is 50.1 Å². The minimum absolute atomic E-state index is 0.142. The second-order valence-corrected chi connectivity index (χ2v) is 5.85. The molecule has 0 aromatic heterocycles. The standard InChI is InChI=1S/C20H22FNO4/c1-14-10-11-16(13-18(14)21)22-20(24)15(2)26-19(23)9-6-12-25-17-7-4-3-5-8-17/h3-5,7-8,10-11,13,15H,6,9,12H2,1-2H3,(H,22,24)/t15-/m1/s1. The fourth-order valence-electron chi connectivity index (χ4n) is 2.15. The molecule has 0 aliphatic heterocycles. The first-order chi connectivity index (χ1) is 12.5. The summed E-state index contributed by atoms with van der Waals surface area (Å²) in [7, 11) is 0. The van der Waals surface area contributed by atoms with Gasteiger partial charge in [-0.2, -0.15) is 0 Å². The monoisotopic (exact) mass is 359 g/mol. The van der Waals surface area contributed by atoms with Crippen molar-refractivity contribution in [1.29, 1.82) is 0 Å². The molecule has 0 bridgehead atoms. The number of hydrogen-bond acceptors (Lipinski definition) is 4. The van der Waals surface area contributed by atoms with Gasteiger partial charge in [0, 0.05) is 12.1 Å². The van der Waals surface area contributed by atoms with Crippen molar-refractivity contribution in [3.8, 4) is 5.75 Å². The van der Waals surface area contributed by atoms with Gasteiger partial charge >= 0.3 is 5.97 Å². The van der Waals surface area contributed by atoms with Crippen molar-refractivity contribution in [1.82, 2.24) is 0 Å². The largest absolute Gasteiger partial charge is 0.494 e. The van der Waals surface area contributed by atoms with E-state index in [0.717, 1.165) is 5.75 Å². The fourth-order valence-corrected chi connectivity index (χ4v) is 2.15. The smallest absolute Gasteiger partial charge is 0.306 e. The number of amides is 1. The highest BCUT2D eigenvalue weighted by atomic mass is 19.1. The zero-order chi connectivity index (χ0) is 18.9. The van der Waals surface area contributed by atoms with Crippen LogP contribution < -0.4 is 10.1 Å². The third-order valence-corrected chi connectivity index (χ3v) is 3.65. The Kier molecular flexibility index (Phi) is 7.14. The van der Waals surface area contributed by atoms with Gasteiger partial charge in [-0.15, -0.1) is 0 Å². The molecule has 0 fully saturated rings. The molecule has 0 saturated carbocycles. The van der Waals surface area contributed by atoms with Crippen LogP contribution in [0.15, 0.2) is 48.5 Å². The number of aryl methyl sites for hydroxylation is 1. The van der Waals surface area contributed by atoms with Crippen LogP contribution in [-0.4, -0.2) is 24.6 Å². The molecule has 0 unspecified atom stereocenters. The number of carbonyl (C=O) groups is 2. The van der Waals surface area contributed by atoms with Gasteiger partial charge in [0.1, 0.15) is 11.6 Å².